The molecular formula is C8H8Cl2. The van der Waals surface area contributed by atoms with Gasteiger partial charge >= 0.3 is 0 Å². The molecule has 0 saturated carbocycles. The van der Waals surface area contributed by atoms with Crippen LogP contribution < -0.4 is 0 Å². The molecule has 0 N–H and O–H groups in total. The summed E-state index contributed by atoms with van der Waals surface area (Å²) in [5, 5.41) is 1.26. The second-order valence-electron chi connectivity index (χ2n) is 2.35. The maximum absolute atomic E-state index is 5.75. The summed E-state index contributed by atoms with van der Waals surface area (Å²) in [4.78, 5) is 0. The van der Waals surface area contributed by atoms with E-state index in [1.807, 2.05) is 26.0 Å². The first-order valence-corrected chi connectivity index (χ1v) is 3.79. The normalized spacial score (nSPS) is 10.0. The van der Waals surface area contributed by atoms with Crippen LogP contribution >= 0.6 is 23.2 Å². The van der Waals surface area contributed by atoms with Gasteiger partial charge in [0.05, 0.1) is 10.0 Å². The second-order valence-corrected chi connectivity index (χ2v) is 3.16. The molecule has 0 radical (unpaired) electrons. The van der Waals surface area contributed by atoms with Crippen LogP contribution in [0.25, 0.3) is 0 Å². The van der Waals surface area contributed by atoms with Gasteiger partial charge in [-0.3, -0.25) is 0 Å². The van der Waals surface area contributed by atoms with E-state index in [1.165, 1.54) is 11.1 Å². The first-order valence-electron chi connectivity index (χ1n) is 3.03. The molecule has 54 valence electrons. The summed E-state index contributed by atoms with van der Waals surface area (Å²) >= 11 is 11.5. The lowest BCUT2D eigenvalue weighted by molar-refractivity contribution is 1.34. The van der Waals surface area contributed by atoms with Crippen LogP contribution in [0.3, 0.4) is 0 Å². The predicted octanol–water partition coefficient (Wildman–Crippen LogP) is 3.61. The van der Waals surface area contributed by atoms with Gasteiger partial charge in [0.25, 0.3) is 0 Å². The van der Waals surface area contributed by atoms with Gasteiger partial charge in [-0.15, -0.1) is 0 Å². The number of hydrogen-bond acceptors (Lipinski definition) is 0. The minimum absolute atomic E-state index is 0.629. The average molecular weight is 175 g/mol. The second kappa shape index (κ2) is 2.81. The Balaban J connectivity index is 3.28. The molecule has 0 aliphatic rings. The van der Waals surface area contributed by atoms with E-state index < -0.39 is 0 Å². The zero-order valence-corrected chi connectivity index (χ0v) is 7.42. The van der Waals surface area contributed by atoms with E-state index in [1.54, 1.807) is 0 Å². The molecule has 10 heavy (non-hydrogen) atoms. The van der Waals surface area contributed by atoms with Gasteiger partial charge in [0.2, 0.25) is 0 Å². The van der Waals surface area contributed by atoms with Crippen molar-refractivity contribution in [3.8, 4) is 0 Å². The highest BCUT2D eigenvalue weighted by Crippen LogP contribution is 2.24. The molecule has 0 saturated heterocycles. The van der Waals surface area contributed by atoms with Gasteiger partial charge in [-0.2, -0.15) is 0 Å². The van der Waals surface area contributed by atoms with Gasteiger partial charge < -0.3 is 0 Å². The Hall–Kier alpha value is -0.200. The lowest BCUT2D eigenvalue weighted by Crippen LogP contribution is -1.79. The van der Waals surface area contributed by atoms with E-state index in [-0.39, 0.29) is 0 Å². The van der Waals surface area contributed by atoms with Gasteiger partial charge in [-0.25, -0.2) is 0 Å². The van der Waals surface area contributed by atoms with Crippen LogP contribution in [-0.2, 0) is 0 Å². The topological polar surface area (TPSA) is 0 Å². The van der Waals surface area contributed by atoms with E-state index in [4.69, 9.17) is 23.2 Å². The maximum atomic E-state index is 5.75. The van der Waals surface area contributed by atoms with Crippen molar-refractivity contribution in [3.05, 3.63) is 33.3 Å². The van der Waals surface area contributed by atoms with Crippen LogP contribution in [0.1, 0.15) is 11.1 Å². The molecule has 0 aliphatic heterocycles. The standard InChI is InChI=1S/C8H8Cl2/c1-5-3-7(9)8(10)4-6(5)2/h3-4H,1-2H3. The van der Waals surface area contributed by atoms with Crippen molar-refractivity contribution < 1.29 is 0 Å². The summed E-state index contributed by atoms with van der Waals surface area (Å²) in [7, 11) is 0. The fourth-order valence-electron chi connectivity index (χ4n) is 0.746. The number of rotatable bonds is 0. The Labute approximate surface area is 70.8 Å². The van der Waals surface area contributed by atoms with Gasteiger partial charge in [0.15, 0.2) is 0 Å². The Morgan fingerprint density at radius 3 is 1.50 bits per heavy atom. The minimum atomic E-state index is 0.629. The Morgan fingerprint density at radius 2 is 1.20 bits per heavy atom. The highest BCUT2D eigenvalue weighted by Gasteiger charge is 1.98. The summed E-state index contributed by atoms with van der Waals surface area (Å²) in [6, 6.07) is 3.75. The molecule has 0 aliphatic carbocycles. The summed E-state index contributed by atoms with van der Waals surface area (Å²) in [6.45, 7) is 4.02. The Kier molecular flexibility index (Phi) is 2.22. The quantitative estimate of drug-likeness (QED) is 0.564. The van der Waals surface area contributed by atoms with Crippen LogP contribution in [0.2, 0.25) is 10.0 Å². The van der Waals surface area contributed by atoms with Crippen molar-refractivity contribution in [1.29, 1.82) is 0 Å². The van der Waals surface area contributed by atoms with Crippen molar-refractivity contribution in [2.45, 2.75) is 13.8 Å². The first kappa shape index (κ1) is 7.90. The number of benzene rings is 1. The molecule has 0 amide bonds. The molecule has 1 aromatic rings. The van der Waals surface area contributed by atoms with E-state index in [2.05, 4.69) is 0 Å². The molecule has 0 fully saturated rings. The molecule has 0 nitrogen and oxygen atoms in total. The molecule has 1 aromatic carbocycles. The van der Waals surface area contributed by atoms with Crippen molar-refractivity contribution in [1.82, 2.24) is 0 Å². The van der Waals surface area contributed by atoms with Crippen LogP contribution in [0, 0.1) is 13.8 Å². The number of halogens is 2. The highest BCUT2D eigenvalue weighted by molar-refractivity contribution is 6.42. The third-order valence-electron chi connectivity index (χ3n) is 1.54. The van der Waals surface area contributed by atoms with Crippen LogP contribution in [0.5, 0.6) is 0 Å². The third kappa shape index (κ3) is 1.44. The average Bonchev–Trinajstić information content (AvgIpc) is 1.84. The van der Waals surface area contributed by atoms with Gasteiger partial charge in [-0.1, -0.05) is 23.2 Å². The van der Waals surface area contributed by atoms with E-state index in [0.717, 1.165) is 0 Å². The van der Waals surface area contributed by atoms with E-state index in [9.17, 15) is 0 Å². The van der Waals surface area contributed by atoms with Gasteiger partial charge in [0.1, 0.15) is 0 Å². The molecular weight excluding hydrogens is 167 g/mol. The molecule has 0 unspecified atom stereocenters. The van der Waals surface area contributed by atoms with Crippen molar-refractivity contribution in [3.63, 3.8) is 0 Å². The van der Waals surface area contributed by atoms with Crippen LogP contribution in [0.4, 0.5) is 0 Å². The SMILES string of the molecule is Cc1cc(Cl)c(Cl)cc1C. The lowest BCUT2D eigenvalue weighted by atomic mass is 10.1. The zero-order valence-electron chi connectivity index (χ0n) is 5.91. The Morgan fingerprint density at radius 1 is 0.900 bits per heavy atom. The number of hydrogen-bond donors (Lipinski definition) is 0. The highest BCUT2D eigenvalue weighted by atomic mass is 35.5. The zero-order chi connectivity index (χ0) is 7.72. The van der Waals surface area contributed by atoms with E-state index in [0.29, 0.717) is 10.0 Å². The molecule has 0 spiro atoms. The lowest BCUT2D eigenvalue weighted by Gasteiger charge is -2.00. The largest absolute Gasteiger partial charge is 0.0827 e. The van der Waals surface area contributed by atoms with Gasteiger partial charge in [-0.05, 0) is 37.1 Å². The van der Waals surface area contributed by atoms with Crippen LogP contribution in [-0.4, -0.2) is 0 Å². The molecule has 0 atom stereocenters. The smallest absolute Gasteiger partial charge is 0.0595 e. The van der Waals surface area contributed by atoms with Crippen molar-refractivity contribution >= 4 is 23.2 Å². The third-order valence-corrected chi connectivity index (χ3v) is 2.26. The van der Waals surface area contributed by atoms with Gasteiger partial charge in [0, 0.05) is 0 Å². The van der Waals surface area contributed by atoms with Crippen LogP contribution in [0.15, 0.2) is 12.1 Å². The molecule has 2 heteroatoms. The first-order chi connectivity index (χ1) is 4.61. The molecule has 1 rings (SSSR count). The summed E-state index contributed by atoms with van der Waals surface area (Å²) < 4.78 is 0. The molecule has 0 aromatic heterocycles. The number of aryl methyl sites for hydroxylation is 2. The van der Waals surface area contributed by atoms with Crippen molar-refractivity contribution in [2.24, 2.45) is 0 Å². The fourth-order valence-corrected chi connectivity index (χ4v) is 1.18. The monoisotopic (exact) mass is 174 g/mol. The Bertz CT molecular complexity index is 203. The predicted molar refractivity (Wildman–Crippen MR) is 45.9 cm³/mol. The fraction of sp³-hybridized carbons (Fsp3) is 0.250. The van der Waals surface area contributed by atoms with Crippen molar-refractivity contribution in [2.75, 3.05) is 0 Å². The summed E-state index contributed by atoms with van der Waals surface area (Å²) in [6.07, 6.45) is 0. The molecule has 0 heterocycles. The maximum Gasteiger partial charge on any atom is 0.0595 e. The molecule has 0 bridgehead atoms. The summed E-state index contributed by atoms with van der Waals surface area (Å²) in [5.41, 5.74) is 2.35. The van der Waals surface area contributed by atoms with E-state index >= 15 is 0 Å². The summed E-state index contributed by atoms with van der Waals surface area (Å²) in [5.74, 6) is 0. The minimum Gasteiger partial charge on any atom is -0.0827 e.